The first-order valence-corrected chi connectivity index (χ1v) is 8.27. The van der Waals surface area contributed by atoms with Crippen LogP contribution in [0.4, 0.5) is 0 Å². The fraction of sp³-hybridized carbons (Fsp3) is 0.389. The minimum atomic E-state index is 0.105. The van der Waals surface area contributed by atoms with Crippen LogP contribution in [0.25, 0.3) is 16.7 Å². The summed E-state index contributed by atoms with van der Waals surface area (Å²) in [5.41, 5.74) is 2.83. The molecule has 0 N–H and O–H groups in total. The SMILES string of the molecule is COc1nc(C)cc(-n2ncc3cc(C)c(O[C@H]4CCOC4)cc32)n1. The van der Waals surface area contributed by atoms with Crippen LogP contribution in [0, 0.1) is 13.8 Å². The van der Waals surface area contributed by atoms with Gasteiger partial charge in [-0.1, -0.05) is 0 Å². The van der Waals surface area contributed by atoms with Gasteiger partial charge in [0.2, 0.25) is 0 Å². The maximum Gasteiger partial charge on any atom is 0.318 e. The van der Waals surface area contributed by atoms with Crippen LogP contribution < -0.4 is 9.47 Å². The molecule has 0 amide bonds. The first-order valence-electron chi connectivity index (χ1n) is 8.27. The van der Waals surface area contributed by atoms with Gasteiger partial charge in [-0.3, -0.25) is 0 Å². The van der Waals surface area contributed by atoms with E-state index in [1.54, 1.807) is 11.8 Å². The molecule has 7 heteroatoms. The quantitative estimate of drug-likeness (QED) is 0.727. The summed E-state index contributed by atoms with van der Waals surface area (Å²) in [5.74, 6) is 1.51. The van der Waals surface area contributed by atoms with Gasteiger partial charge in [-0.25, -0.2) is 9.67 Å². The number of methoxy groups -OCH3 is 1. The van der Waals surface area contributed by atoms with Crippen molar-refractivity contribution in [3.05, 3.63) is 35.7 Å². The molecule has 2 aromatic heterocycles. The highest BCUT2D eigenvalue weighted by Gasteiger charge is 2.19. The molecule has 1 aliphatic rings. The number of nitrogens with zero attached hydrogens (tertiary/aromatic N) is 4. The number of ether oxygens (including phenoxy) is 3. The molecule has 1 aliphatic heterocycles. The van der Waals surface area contributed by atoms with Crippen LogP contribution in [-0.4, -0.2) is 46.2 Å². The lowest BCUT2D eigenvalue weighted by molar-refractivity contribution is 0.141. The third-order valence-electron chi connectivity index (χ3n) is 4.27. The minimum Gasteiger partial charge on any atom is -0.488 e. The molecule has 1 fully saturated rings. The van der Waals surface area contributed by atoms with Crippen LogP contribution in [0.15, 0.2) is 24.4 Å². The molecule has 0 spiro atoms. The second-order valence-electron chi connectivity index (χ2n) is 6.19. The minimum absolute atomic E-state index is 0.105. The lowest BCUT2D eigenvalue weighted by atomic mass is 10.1. The second kappa shape index (κ2) is 6.33. The van der Waals surface area contributed by atoms with Gasteiger partial charge in [0.1, 0.15) is 11.9 Å². The zero-order chi connectivity index (χ0) is 17.4. The van der Waals surface area contributed by atoms with Gasteiger partial charge >= 0.3 is 6.01 Å². The van der Waals surface area contributed by atoms with Crippen molar-refractivity contribution in [2.45, 2.75) is 26.4 Å². The summed E-state index contributed by atoms with van der Waals surface area (Å²) < 4.78 is 18.5. The molecule has 3 aromatic rings. The Morgan fingerprint density at radius 2 is 2.08 bits per heavy atom. The van der Waals surface area contributed by atoms with Crippen LogP contribution in [0.3, 0.4) is 0 Å². The van der Waals surface area contributed by atoms with Crippen molar-refractivity contribution >= 4 is 10.9 Å². The van der Waals surface area contributed by atoms with E-state index >= 15 is 0 Å². The molecule has 1 saturated heterocycles. The van der Waals surface area contributed by atoms with Gasteiger partial charge in [-0.2, -0.15) is 10.1 Å². The molecular weight excluding hydrogens is 320 g/mol. The number of hydrogen-bond acceptors (Lipinski definition) is 6. The van der Waals surface area contributed by atoms with Gasteiger partial charge in [0.05, 0.1) is 32.0 Å². The van der Waals surface area contributed by atoms with E-state index < -0.39 is 0 Å². The third-order valence-corrected chi connectivity index (χ3v) is 4.27. The van der Waals surface area contributed by atoms with Gasteiger partial charge in [-0.15, -0.1) is 0 Å². The van der Waals surface area contributed by atoms with Crippen LogP contribution in [0.2, 0.25) is 0 Å². The van der Waals surface area contributed by atoms with Crippen molar-refractivity contribution in [2.75, 3.05) is 20.3 Å². The predicted molar refractivity (Wildman–Crippen MR) is 92.5 cm³/mol. The van der Waals surface area contributed by atoms with E-state index in [0.717, 1.165) is 40.9 Å². The van der Waals surface area contributed by atoms with E-state index in [2.05, 4.69) is 21.1 Å². The first-order chi connectivity index (χ1) is 12.1. The highest BCUT2D eigenvalue weighted by Crippen LogP contribution is 2.29. The standard InChI is InChI=1S/C18H20N4O3/c1-11-6-13-9-19-22(17-7-12(2)20-18(21-17)23-3)15(13)8-16(11)25-14-4-5-24-10-14/h6-9,14H,4-5,10H2,1-3H3/t14-/m0/s1. The molecule has 1 atom stereocenters. The summed E-state index contributed by atoms with van der Waals surface area (Å²) in [4.78, 5) is 8.64. The first kappa shape index (κ1) is 15.8. The largest absolute Gasteiger partial charge is 0.488 e. The fourth-order valence-corrected chi connectivity index (χ4v) is 2.99. The topological polar surface area (TPSA) is 71.3 Å². The number of aryl methyl sites for hydroxylation is 2. The predicted octanol–water partition coefficient (Wildman–Crippen LogP) is 2.61. The van der Waals surface area contributed by atoms with E-state index in [1.165, 1.54) is 0 Å². The number of hydrogen-bond donors (Lipinski definition) is 0. The normalized spacial score (nSPS) is 17.2. The maximum absolute atomic E-state index is 6.12. The highest BCUT2D eigenvalue weighted by molar-refractivity contribution is 5.82. The third kappa shape index (κ3) is 3.02. The Hall–Kier alpha value is -2.67. The average molecular weight is 340 g/mol. The molecular formula is C18H20N4O3. The van der Waals surface area contributed by atoms with Crippen molar-refractivity contribution in [2.24, 2.45) is 0 Å². The Morgan fingerprint density at radius 1 is 1.20 bits per heavy atom. The molecule has 0 saturated carbocycles. The van der Waals surface area contributed by atoms with Crippen molar-refractivity contribution in [3.63, 3.8) is 0 Å². The Kier molecular flexibility index (Phi) is 4.01. The lowest BCUT2D eigenvalue weighted by Crippen LogP contribution is -2.16. The molecule has 1 aromatic carbocycles. The number of fused-ring (bicyclic) bond motifs is 1. The molecule has 0 bridgehead atoms. The van der Waals surface area contributed by atoms with Crippen molar-refractivity contribution in [1.82, 2.24) is 19.7 Å². The second-order valence-corrected chi connectivity index (χ2v) is 6.19. The summed E-state index contributed by atoms with van der Waals surface area (Å²) in [7, 11) is 1.55. The molecule has 25 heavy (non-hydrogen) atoms. The van der Waals surface area contributed by atoms with Gasteiger partial charge in [0.15, 0.2) is 5.82 Å². The van der Waals surface area contributed by atoms with Crippen molar-refractivity contribution in [3.8, 4) is 17.6 Å². The number of benzene rings is 1. The van der Waals surface area contributed by atoms with Crippen LogP contribution >= 0.6 is 0 Å². The van der Waals surface area contributed by atoms with Gasteiger partial charge in [0, 0.05) is 29.6 Å². The number of rotatable bonds is 4. The molecule has 7 nitrogen and oxygen atoms in total. The van der Waals surface area contributed by atoms with Gasteiger partial charge < -0.3 is 14.2 Å². The smallest absolute Gasteiger partial charge is 0.318 e. The molecule has 0 unspecified atom stereocenters. The summed E-state index contributed by atoms with van der Waals surface area (Å²) >= 11 is 0. The van der Waals surface area contributed by atoms with Crippen LogP contribution in [0.5, 0.6) is 11.8 Å². The average Bonchev–Trinajstić information content (AvgIpc) is 3.24. The Balaban J connectivity index is 1.78. The van der Waals surface area contributed by atoms with Gasteiger partial charge in [0.25, 0.3) is 0 Å². The van der Waals surface area contributed by atoms with E-state index in [-0.39, 0.29) is 6.10 Å². The molecule has 0 radical (unpaired) electrons. The zero-order valence-corrected chi connectivity index (χ0v) is 14.5. The lowest BCUT2D eigenvalue weighted by Gasteiger charge is -2.14. The molecule has 4 rings (SSSR count). The summed E-state index contributed by atoms with van der Waals surface area (Å²) in [6, 6.07) is 6.29. The van der Waals surface area contributed by atoms with E-state index in [9.17, 15) is 0 Å². The summed E-state index contributed by atoms with van der Waals surface area (Å²) in [6.07, 6.45) is 2.85. The fourth-order valence-electron chi connectivity index (χ4n) is 2.99. The van der Waals surface area contributed by atoms with E-state index in [4.69, 9.17) is 14.2 Å². The Morgan fingerprint density at radius 3 is 2.84 bits per heavy atom. The van der Waals surface area contributed by atoms with E-state index in [1.807, 2.05) is 32.2 Å². The molecule has 130 valence electrons. The Bertz CT molecular complexity index is 916. The monoisotopic (exact) mass is 340 g/mol. The number of aromatic nitrogens is 4. The van der Waals surface area contributed by atoms with Crippen LogP contribution in [0.1, 0.15) is 17.7 Å². The molecule has 3 heterocycles. The summed E-state index contributed by atoms with van der Waals surface area (Å²) in [5, 5.41) is 5.52. The van der Waals surface area contributed by atoms with Gasteiger partial charge in [-0.05, 0) is 25.5 Å². The van der Waals surface area contributed by atoms with Crippen molar-refractivity contribution < 1.29 is 14.2 Å². The summed E-state index contributed by atoms with van der Waals surface area (Å²) in [6.45, 7) is 5.33. The Labute approximate surface area is 145 Å². The van der Waals surface area contributed by atoms with Crippen LogP contribution in [-0.2, 0) is 4.74 Å². The molecule has 0 aliphatic carbocycles. The zero-order valence-electron chi connectivity index (χ0n) is 14.5. The maximum atomic E-state index is 6.12. The highest BCUT2D eigenvalue weighted by atomic mass is 16.5. The van der Waals surface area contributed by atoms with E-state index in [0.29, 0.717) is 18.4 Å². The van der Waals surface area contributed by atoms with Crippen molar-refractivity contribution in [1.29, 1.82) is 0 Å².